The number of likely N-dealkylation sites (tertiary alicyclic amines) is 1. The zero-order valence-corrected chi connectivity index (χ0v) is 15.3. The second kappa shape index (κ2) is 10.5. The molecular formula is C19H29ClN2O2. The van der Waals surface area contributed by atoms with Gasteiger partial charge in [0.25, 0.3) is 0 Å². The number of hydrogen-bond donors (Lipinski definition) is 1. The molecule has 1 aromatic carbocycles. The molecule has 4 nitrogen and oxygen atoms in total. The van der Waals surface area contributed by atoms with Crippen molar-refractivity contribution in [1.29, 1.82) is 0 Å². The highest BCUT2D eigenvalue weighted by Crippen LogP contribution is 2.17. The first kappa shape index (κ1) is 20.7. The first-order valence-corrected chi connectivity index (χ1v) is 8.74. The standard InChI is InChI=1S/C19H28N2O2.ClH/c1-2-3-4-15-5-7-17(8-6-15)18(22)9-10-19(23)21-12-11-16(13-20)14-21;/h5-8,16H,2-4,9-14,20H2,1H3;1H. The van der Waals surface area contributed by atoms with E-state index in [0.29, 0.717) is 24.4 Å². The van der Waals surface area contributed by atoms with E-state index in [9.17, 15) is 9.59 Å². The van der Waals surface area contributed by atoms with E-state index in [1.807, 2.05) is 29.2 Å². The summed E-state index contributed by atoms with van der Waals surface area (Å²) < 4.78 is 0. The van der Waals surface area contributed by atoms with E-state index in [1.54, 1.807) is 0 Å². The number of rotatable bonds is 8. The van der Waals surface area contributed by atoms with Gasteiger partial charge in [-0.15, -0.1) is 12.4 Å². The van der Waals surface area contributed by atoms with Gasteiger partial charge in [-0.2, -0.15) is 0 Å². The predicted molar refractivity (Wildman–Crippen MR) is 99.6 cm³/mol. The predicted octanol–water partition coefficient (Wildman–Crippen LogP) is 3.22. The Bertz CT molecular complexity index is 531. The van der Waals surface area contributed by atoms with Crippen molar-refractivity contribution >= 4 is 24.1 Å². The minimum absolute atomic E-state index is 0. The molecule has 1 unspecified atom stereocenters. The fourth-order valence-corrected chi connectivity index (χ4v) is 3.01. The van der Waals surface area contributed by atoms with Crippen molar-refractivity contribution in [3.8, 4) is 0 Å². The van der Waals surface area contributed by atoms with Crippen LogP contribution in [0.3, 0.4) is 0 Å². The maximum absolute atomic E-state index is 12.2. The van der Waals surface area contributed by atoms with Gasteiger partial charge in [0.05, 0.1) is 0 Å². The molecule has 5 heteroatoms. The van der Waals surface area contributed by atoms with E-state index in [4.69, 9.17) is 5.73 Å². The Hall–Kier alpha value is -1.39. The highest BCUT2D eigenvalue weighted by molar-refractivity contribution is 5.98. The van der Waals surface area contributed by atoms with Crippen LogP contribution in [0, 0.1) is 5.92 Å². The number of benzene rings is 1. The van der Waals surface area contributed by atoms with E-state index in [0.717, 1.165) is 25.9 Å². The third-order valence-electron chi connectivity index (χ3n) is 4.63. The van der Waals surface area contributed by atoms with Gasteiger partial charge in [0.1, 0.15) is 0 Å². The number of nitrogens with zero attached hydrogens (tertiary/aromatic N) is 1. The lowest BCUT2D eigenvalue weighted by molar-refractivity contribution is -0.130. The number of ketones is 1. The van der Waals surface area contributed by atoms with Gasteiger partial charge in [-0.25, -0.2) is 0 Å². The molecule has 1 aliphatic heterocycles. The Labute approximate surface area is 151 Å². The van der Waals surface area contributed by atoms with Crippen molar-refractivity contribution in [3.63, 3.8) is 0 Å². The Morgan fingerprint density at radius 2 is 1.92 bits per heavy atom. The molecule has 0 bridgehead atoms. The quantitative estimate of drug-likeness (QED) is 0.730. The second-order valence-corrected chi connectivity index (χ2v) is 6.45. The molecule has 0 radical (unpaired) electrons. The number of halogens is 1. The monoisotopic (exact) mass is 352 g/mol. The van der Waals surface area contributed by atoms with Crippen molar-refractivity contribution in [3.05, 3.63) is 35.4 Å². The number of nitrogens with two attached hydrogens (primary N) is 1. The molecule has 0 aromatic heterocycles. The van der Waals surface area contributed by atoms with Crippen LogP contribution in [0.25, 0.3) is 0 Å². The van der Waals surface area contributed by atoms with Crippen LogP contribution in [0.15, 0.2) is 24.3 Å². The normalized spacial score (nSPS) is 16.8. The number of Topliss-reactive ketones (excluding diaryl/α,β-unsaturated/α-hetero) is 1. The highest BCUT2D eigenvalue weighted by atomic mass is 35.5. The second-order valence-electron chi connectivity index (χ2n) is 6.45. The molecule has 2 N–H and O–H groups in total. The van der Waals surface area contributed by atoms with Gasteiger partial charge in [-0.1, -0.05) is 37.6 Å². The lowest BCUT2D eigenvalue weighted by atomic mass is 10.0. The summed E-state index contributed by atoms with van der Waals surface area (Å²) in [6.07, 6.45) is 4.96. The van der Waals surface area contributed by atoms with Gasteiger partial charge in [0.15, 0.2) is 5.78 Å². The van der Waals surface area contributed by atoms with Crippen molar-refractivity contribution < 1.29 is 9.59 Å². The van der Waals surface area contributed by atoms with Crippen LogP contribution in [0.1, 0.15) is 54.9 Å². The maximum Gasteiger partial charge on any atom is 0.223 e. The molecule has 0 spiro atoms. The Balaban J connectivity index is 0.00000288. The minimum Gasteiger partial charge on any atom is -0.342 e. The van der Waals surface area contributed by atoms with Crippen LogP contribution in [0.5, 0.6) is 0 Å². The van der Waals surface area contributed by atoms with Crippen LogP contribution in [-0.4, -0.2) is 36.2 Å². The van der Waals surface area contributed by atoms with E-state index < -0.39 is 0 Å². The summed E-state index contributed by atoms with van der Waals surface area (Å²) in [5.41, 5.74) is 7.62. The number of hydrogen-bond acceptors (Lipinski definition) is 3. The van der Waals surface area contributed by atoms with Crippen LogP contribution >= 0.6 is 12.4 Å². The SMILES string of the molecule is CCCCc1ccc(C(=O)CCC(=O)N2CCC(CN)C2)cc1.Cl. The lowest BCUT2D eigenvalue weighted by Gasteiger charge is -2.15. The number of carbonyl (C=O) groups excluding carboxylic acids is 2. The van der Waals surface area contributed by atoms with E-state index in [-0.39, 0.29) is 30.5 Å². The summed E-state index contributed by atoms with van der Waals surface area (Å²) in [6.45, 7) is 4.33. The molecule has 1 aromatic rings. The average Bonchev–Trinajstić information content (AvgIpc) is 3.07. The molecule has 1 atom stereocenters. The Kier molecular flexibility index (Phi) is 9.01. The van der Waals surface area contributed by atoms with Gasteiger partial charge >= 0.3 is 0 Å². The molecule has 0 aliphatic carbocycles. The van der Waals surface area contributed by atoms with Crippen LogP contribution in [-0.2, 0) is 11.2 Å². The van der Waals surface area contributed by atoms with Gasteiger partial charge in [-0.3, -0.25) is 9.59 Å². The summed E-state index contributed by atoms with van der Waals surface area (Å²) in [4.78, 5) is 26.2. The maximum atomic E-state index is 12.2. The summed E-state index contributed by atoms with van der Waals surface area (Å²) in [7, 11) is 0. The third-order valence-corrected chi connectivity index (χ3v) is 4.63. The highest BCUT2D eigenvalue weighted by Gasteiger charge is 2.25. The zero-order chi connectivity index (χ0) is 16.7. The molecular weight excluding hydrogens is 324 g/mol. The van der Waals surface area contributed by atoms with Crippen molar-refractivity contribution in [2.75, 3.05) is 19.6 Å². The van der Waals surface area contributed by atoms with Crippen molar-refractivity contribution in [1.82, 2.24) is 4.90 Å². The molecule has 2 rings (SSSR count). The fourth-order valence-electron chi connectivity index (χ4n) is 3.01. The fraction of sp³-hybridized carbons (Fsp3) is 0.579. The zero-order valence-electron chi connectivity index (χ0n) is 14.5. The number of amides is 1. The van der Waals surface area contributed by atoms with E-state index >= 15 is 0 Å². The molecule has 0 saturated carbocycles. The molecule has 1 saturated heterocycles. The number of aryl methyl sites for hydroxylation is 1. The number of carbonyl (C=O) groups is 2. The van der Waals surface area contributed by atoms with E-state index in [2.05, 4.69) is 6.92 Å². The first-order valence-electron chi connectivity index (χ1n) is 8.74. The molecule has 1 fully saturated rings. The van der Waals surface area contributed by atoms with Crippen molar-refractivity contribution in [2.24, 2.45) is 11.7 Å². The molecule has 1 amide bonds. The lowest BCUT2D eigenvalue weighted by Crippen LogP contribution is -2.30. The summed E-state index contributed by atoms with van der Waals surface area (Å²) >= 11 is 0. The largest absolute Gasteiger partial charge is 0.342 e. The number of unbranched alkanes of at least 4 members (excludes halogenated alkanes) is 1. The van der Waals surface area contributed by atoms with Crippen LogP contribution in [0.4, 0.5) is 0 Å². The summed E-state index contributed by atoms with van der Waals surface area (Å²) in [6, 6.07) is 7.82. The van der Waals surface area contributed by atoms with E-state index in [1.165, 1.54) is 18.4 Å². The Morgan fingerprint density at radius 3 is 2.50 bits per heavy atom. The van der Waals surface area contributed by atoms with Gasteiger partial charge in [0, 0.05) is 31.5 Å². The molecule has 24 heavy (non-hydrogen) atoms. The van der Waals surface area contributed by atoms with Gasteiger partial charge in [-0.05, 0) is 37.3 Å². The third kappa shape index (κ3) is 5.91. The Morgan fingerprint density at radius 1 is 1.21 bits per heavy atom. The van der Waals surface area contributed by atoms with Gasteiger partial charge in [0.2, 0.25) is 5.91 Å². The van der Waals surface area contributed by atoms with Gasteiger partial charge < -0.3 is 10.6 Å². The first-order chi connectivity index (χ1) is 11.1. The minimum atomic E-state index is 0. The average molecular weight is 353 g/mol. The molecule has 1 aliphatic rings. The summed E-state index contributed by atoms with van der Waals surface area (Å²) in [5.74, 6) is 0.550. The smallest absolute Gasteiger partial charge is 0.223 e. The topological polar surface area (TPSA) is 63.4 Å². The van der Waals surface area contributed by atoms with Crippen LogP contribution in [0.2, 0.25) is 0 Å². The van der Waals surface area contributed by atoms with Crippen LogP contribution < -0.4 is 5.73 Å². The van der Waals surface area contributed by atoms with Crippen molar-refractivity contribution in [2.45, 2.75) is 45.4 Å². The summed E-state index contributed by atoms with van der Waals surface area (Å²) in [5, 5.41) is 0. The molecule has 1 heterocycles. The molecule has 134 valence electrons.